The second kappa shape index (κ2) is 8.40. The summed E-state index contributed by atoms with van der Waals surface area (Å²) in [6.45, 7) is 1.92. The summed E-state index contributed by atoms with van der Waals surface area (Å²) in [5, 5.41) is 10.8. The Hall–Kier alpha value is -1.71. The Morgan fingerprint density at radius 1 is 1.26 bits per heavy atom. The highest BCUT2D eigenvalue weighted by Crippen LogP contribution is 2.27. The van der Waals surface area contributed by atoms with Gasteiger partial charge in [0.15, 0.2) is 0 Å². The maximum atomic E-state index is 11.3. The van der Waals surface area contributed by atoms with Gasteiger partial charge >= 0.3 is 0 Å². The first-order valence-corrected chi connectivity index (χ1v) is 6.81. The molecular formula is C15H21NO3. The Balaban J connectivity index is 2.81. The topological polar surface area (TPSA) is 60.2 Å². The molecule has 0 saturated carbocycles. The van der Waals surface area contributed by atoms with Crippen molar-refractivity contribution in [2.45, 2.75) is 38.5 Å². The molecule has 4 heteroatoms. The van der Waals surface area contributed by atoms with Gasteiger partial charge in [0, 0.05) is 10.8 Å². The van der Waals surface area contributed by atoms with Crippen LogP contribution < -0.4 is 0 Å². The van der Waals surface area contributed by atoms with Crippen molar-refractivity contribution in [3.63, 3.8) is 0 Å². The van der Waals surface area contributed by atoms with Gasteiger partial charge in [-0.1, -0.05) is 56.5 Å². The lowest BCUT2D eigenvalue weighted by atomic mass is 9.83. The predicted octanol–water partition coefficient (Wildman–Crippen LogP) is 3.44. The highest BCUT2D eigenvalue weighted by molar-refractivity contribution is 5.56. The summed E-state index contributed by atoms with van der Waals surface area (Å²) >= 11 is 0. The molecule has 0 saturated heterocycles. The van der Waals surface area contributed by atoms with Crippen LogP contribution in [0.15, 0.2) is 30.3 Å². The second-order valence-electron chi connectivity index (χ2n) is 4.83. The van der Waals surface area contributed by atoms with Gasteiger partial charge < -0.3 is 4.79 Å². The Labute approximate surface area is 114 Å². The van der Waals surface area contributed by atoms with E-state index < -0.39 is 0 Å². The zero-order valence-electron chi connectivity index (χ0n) is 11.3. The van der Waals surface area contributed by atoms with E-state index in [-0.39, 0.29) is 23.3 Å². The summed E-state index contributed by atoms with van der Waals surface area (Å²) in [7, 11) is 0. The lowest BCUT2D eigenvalue weighted by Crippen LogP contribution is -2.22. The van der Waals surface area contributed by atoms with E-state index in [1.807, 2.05) is 30.3 Å². The van der Waals surface area contributed by atoms with E-state index in [0.717, 1.165) is 37.5 Å². The number of hydrogen-bond acceptors (Lipinski definition) is 3. The summed E-state index contributed by atoms with van der Waals surface area (Å²) in [6, 6.07) is 9.32. The van der Waals surface area contributed by atoms with Crippen molar-refractivity contribution >= 4 is 6.29 Å². The molecule has 0 unspecified atom stereocenters. The number of rotatable bonds is 9. The first kappa shape index (κ1) is 15.3. The van der Waals surface area contributed by atoms with Gasteiger partial charge in [-0.15, -0.1) is 0 Å². The molecule has 0 N–H and O–H groups in total. The molecule has 19 heavy (non-hydrogen) atoms. The van der Waals surface area contributed by atoms with Crippen LogP contribution in [-0.4, -0.2) is 17.8 Å². The smallest absolute Gasteiger partial charge is 0.211 e. The monoisotopic (exact) mass is 263 g/mol. The number of unbranched alkanes of at least 4 members (excludes halogenated alkanes) is 2. The fourth-order valence-electron chi connectivity index (χ4n) is 2.34. The molecule has 0 heterocycles. The van der Waals surface area contributed by atoms with Gasteiger partial charge in [0.05, 0.1) is 5.92 Å². The van der Waals surface area contributed by atoms with E-state index >= 15 is 0 Å². The predicted molar refractivity (Wildman–Crippen MR) is 74.7 cm³/mol. The lowest BCUT2D eigenvalue weighted by Gasteiger charge is -2.19. The maximum absolute atomic E-state index is 11.3. The Kier molecular flexibility index (Phi) is 6.79. The Morgan fingerprint density at radius 2 is 1.95 bits per heavy atom. The standard InChI is InChI=1S/C15H21NO3/c1-2-3-5-10-14(12-17)15(11-16(18)19)13-8-6-4-7-9-13/h4,6-9,12,14-15H,2-3,5,10-11H2,1H3/t14-,15+/m1/s1. The number of carbonyl (C=O) groups is 1. The Bertz CT molecular complexity index is 392. The first-order valence-electron chi connectivity index (χ1n) is 6.81. The van der Waals surface area contributed by atoms with E-state index in [9.17, 15) is 14.9 Å². The molecule has 0 aromatic heterocycles. The van der Waals surface area contributed by atoms with Gasteiger partial charge in [0.2, 0.25) is 6.54 Å². The zero-order valence-corrected chi connectivity index (χ0v) is 11.3. The molecule has 0 bridgehead atoms. The van der Waals surface area contributed by atoms with Crippen LogP contribution in [0, 0.1) is 16.0 Å². The van der Waals surface area contributed by atoms with Crippen molar-refractivity contribution in [3.05, 3.63) is 46.0 Å². The molecule has 2 atom stereocenters. The average Bonchev–Trinajstić information content (AvgIpc) is 2.42. The number of nitrogens with zero attached hydrogens (tertiary/aromatic N) is 1. The molecular weight excluding hydrogens is 242 g/mol. The molecule has 0 radical (unpaired) electrons. The minimum atomic E-state index is -0.325. The van der Waals surface area contributed by atoms with E-state index in [0.29, 0.717) is 0 Å². The van der Waals surface area contributed by atoms with Crippen molar-refractivity contribution < 1.29 is 9.72 Å². The maximum Gasteiger partial charge on any atom is 0.211 e. The lowest BCUT2D eigenvalue weighted by molar-refractivity contribution is -0.484. The SMILES string of the molecule is CCCCC[C@H](C=O)[C@@H](C[N+](=O)[O-])c1ccccc1. The molecule has 0 aliphatic heterocycles. The number of nitro groups is 1. The van der Waals surface area contributed by atoms with Gasteiger partial charge in [0.1, 0.15) is 6.29 Å². The molecule has 1 rings (SSSR count). The molecule has 0 fully saturated rings. The molecule has 1 aromatic rings. The normalized spacial score (nSPS) is 13.7. The number of aldehydes is 1. The minimum Gasteiger partial charge on any atom is -0.303 e. The fraction of sp³-hybridized carbons (Fsp3) is 0.533. The Morgan fingerprint density at radius 3 is 2.47 bits per heavy atom. The van der Waals surface area contributed by atoms with Crippen LogP contribution in [0.5, 0.6) is 0 Å². The van der Waals surface area contributed by atoms with Crippen molar-refractivity contribution in [1.82, 2.24) is 0 Å². The van der Waals surface area contributed by atoms with Crippen LogP contribution in [0.4, 0.5) is 0 Å². The molecule has 0 aliphatic rings. The van der Waals surface area contributed by atoms with Crippen LogP contribution in [0.1, 0.15) is 44.1 Å². The molecule has 0 aliphatic carbocycles. The molecule has 0 spiro atoms. The summed E-state index contributed by atoms with van der Waals surface area (Å²) in [4.78, 5) is 21.8. The molecule has 1 aromatic carbocycles. The summed E-state index contributed by atoms with van der Waals surface area (Å²) in [5.41, 5.74) is 0.882. The zero-order chi connectivity index (χ0) is 14.1. The largest absolute Gasteiger partial charge is 0.303 e. The fourth-order valence-corrected chi connectivity index (χ4v) is 2.34. The minimum absolute atomic E-state index is 0.181. The van der Waals surface area contributed by atoms with Crippen LogP contribution in [0.3, 0.4) is 0 Å². The van der Waals surface area contributed by atoms with Crippen LogP contribution in [-0.2, 0) is 4.79 Å². The summed E-state index contributed by atoms with van der Waals surface area (Å²) < 4.78 is 0. The van der Waals surface area contributed by atoms with Crippen LogP contribution in [0.2, 0.25) is 0 Å². The third kappa shape index (κ3) is 5.20. The van der Waals surface area contributed by atoms with E-state index in [1.54, 1.807) is 0 Å². The summed E-state index contributed by atoms with van der Waals surface area (Å²) in [5.74, 6) is -0.579. The van der Waals surface area contributed by atoms with Gasteiger partial charge in [-0.2, -0.15) is 0 Å². The van der Waals surface area contributed by atoms with Crippen molar-refractivity contribution in [1.29, 1.82) is 0 Å². The van der Waals surface area contributed by atoms with E-state index in [1.165, 1.54) is 0 Å². The van der Waals surface area contributed by atoms with E-state index in [4.69, 9.17) is 0 Å². The third-order valence-electron chi connectivity index (χ3n) is 3.41. The molecule has 104 valence electrons. The quantitative estimate of drug-likeness (QED) is 0.297. The highest BCUT2D eigenvalue weighted by atomic mass is 16.6. The average molecular weight is 263 g/mol. The second-order valence-corrected chi connectivity index (χ2v) is 4.83. The van der Waals surface area contributed by atoms with Gasteiger partial charge in [-0.05, 0) is 12.0 Å². The molecule has 0 amide bonds. The summed E-state index contributed by atoms with van der Waals surface area (Å²) in [6.07, 6.45) is 4.70. The number of hydrogen-bond donors (Lipinski definition) is 0. The van der Waals surface area contributed by atoms with Crippen LogP contribution in [0.25, 0.3) is 0 Å². The van der Waals surface area contributed by atoms with Crippen molar-refractivity contribution in [3.8, 4) is 0 Å². The van der Waals surface area contributed by atoms with Gasteiger partial charge in [0.25, 0.3) is 0 Å². The number of carbonyl (C=O) groups excluding carboxylic acids is 1. The highest BCUT2D eigenvalue weighted by Gasteiger charge is 2.27. The van der Waals surface area contributed by atoms with Crippen molar-refractivity contribution in [2.24, 2.45) is 5.92 Å². The number of benzene rings is 1. The molecule has 4 nitrogen and oxygen atoms in total. The third-order valence-corrected chi connectivity index (χ3v) is 3.41. The first-order chi connectivity index (χ1) is 9.19. The van der Waals surface area contributed by atoms with E-state index in [2.05, 4.69) is 6.92 Å². The van der Waals surface area contributed by atoms with Gasteiger partial charge in [-0.3, -0.25) is 10.1 Å². The van der Waals surface area contributed by atoms with Crippen molar-refractivity contribution in [2.75, 3.05) is 6.54 Å². The van der Waals surface area contributed by atoms with Crippen LogP contribution >= 0.6 is 0 Å². The van der Waals surface area contributed by atoms with Gasteiger partial charge in [-0.25, -0.2) is 0 Å².